The summed E-state index contributed by atoms with van der Waals surface area (Å²) in [5, 5.41) is 0. The molecule has 0 spiro atoms. The molecule has 0 aliphatic carbocycles. The van der Waals surface area contributed by atoms with E-state index in [1.54, 1.807) is 0 Å². The van der Waals surface area contributed by atoms with Gasteiger partial charge in [0.15, 0.2) is 0 Å². The molecule has 0 bridgehead atoms. The number of ketones is 1. The third-order valence-corrected chi connectivity index (χ3v) is 7.06. The van der Waals surface area contributed by atoms with Gasteiger partial charge in [0.2, 0.25) is 6.29 Å². The number of hydrogen-bond donors (Lipinski definition) is 0. The molecule has 2 heteroatoms. The van der Waals surface area contributed by atoms with Crippen molar-refractivity contribution in [3.05, 3.63) is 12.2 Å². The van der Waals surface area contributed by atoms with Crippen LogP contribution < -0.4 is 0 Å². The number of Topliss-reactive ketones (excluding diaryl/α,β-unsaturated/α-hetero) is 1. The minimum Gasteiger partial charge on any atom is -0.299 e. The van der Waals surface area contributed by atoms with E-state index >= 15 is 0 Å². The summed E-state index contributed by atoms with van der Waals surface area (Å²) in [6.45, 7) is 4.53. The molecular weight excluding hydrogens is 416 g/mol. The van der Waals surface area contributed by atoms with E-state index in [-0.39, 0.29) is 5.78 Å². The predicted octanol–water partition coefficient (Wildman–Crippen LogP) is 10.6. The summed E-state index contributed by atoms with van der Waals surface area (Å²) in [4.78, 5) is 23.6. The van der Waals surface area contributed by atoms with E-state index in [2.05, 4.69) is 26.0 Å². The van der Waals surface area contributed by atoms with Crippen LogP contribution in [0.3, 0.4) is 0 Å². The summed E-state index contributed by atoms with van der Waals surface area (Å²) < 4.78 is 0. The zero-order chi connectivity index (χ0) is 25.0. The lowest BCUT2D eigenvalue weighted by Crippen LogP contribution is -2.15. The van der Waals surface area contributed by atoms with Crippen LogP contribution in [0.5, 0.6) is 0 Å². The van der Waals surface area contributed by atoms with Crippen LogP contribution in [-0.4, -0.2) is 12.1 Å². The molecule has 0 aromatic heterocycles. The molecule has 0 aromatic carbocycles. The van der Waals surface area contributed by atoms with Gasteiger partial charge in [0.05, 0.1) is 5.92 Å². The van der Waals surface area contributed by atoms with Crippen LogP contribution in [-0.2, 0) is 9.59 Å². The molecule has 0 aliphatic heterocycles. The van der Waals surface area contributed by atoms with Crippen LogP contribution in [0.1, 0.15) is 174 Å². The topological polar surface area (TPSA) is 34.1 Å². The summed E-state index contributed by atoms with van der Waals surface area (Å²) >= 11 is 0. The van der Waals surface area contributed by atoms with Gasteiger partial charge >= 0.3 is 0 Å². The normalized spacial score (nSPS) is 12.4. The predicted molar refractivity (Wildman–Crippen MR) is 150 cm³/mol. The third kappa shape index (κ3) is 24.2. The Morgan fingerprint density at radius 3 is 1.38 bits per heavy atom. The lowest BCUT2D eigenvalue weighted by Gasteiger charge is -2.08. The van der Waals surface area contributed by atoms with Gasteiger partial charge in [0.1, 0.15) is 5.78 Å². The van der Waals surface area contributed by atoms with Crippen molar-refractivity contribution in [1.82, 2.24) is 0 Å². The Morgan fingerprint density at radius 1 is 0.559 bits per heavy atom. The van der Waals surface area contributed by atoms with Gasteiger partial charge in [-0.25, -0.2) is 0 Å². The summed E-state index contributed by atoms with van der Waals surface area (Å²) in [7, 11) is 0. The third-order valence-electron chi connectivity index (χ3n) is 7.06. The maximum atomic E-state index is 12.3. The molecule has 34 heavy (non-hydrogen) atoms. The molecule has 0 N–H and O–H groups in total. The van der Waals surface area contributed by atoms with Crippen molar-refractivity contribution in [1.29, 1.82) is 0 Å². The first-order valence-electron chi connectivity index (χ1n) is 15.3. The SMILES string of the molecule is CCCCCCCC/C=C\CCCCCCC([C]=O)C(=O)CCCCCCCCCCCCC. The second kappa shape index (κ2) is 28.3. The molecule has 199 valence electrons. The van der Waals surface area contributed by atoms with E-state index in [1.165, 1.54) is 116 Å². The van der Waals surface area contributed by atoms with E-state index in [0.717, 1.165) is 32.1 Å². The van der Waals surface area contributed by atoms with Crippen LogP contribution in [0.15, 0.2) is 12.2 Å². The molecule has 0 rings (SSSR count). The lowest BCUT2D eigenvalue weighted by atomic mass is 9.94. The van der Waals surface area contributed by atoms with Crippen molar-refractivity contribution in [3.8, 4) is 0 Å². The van der Waals surface area contributed by atoms with Crippen LogP contribution >= 0.6 is 0 Å². The number of hydrogen-bond acceptors (Lipinski definition) is 2. The van der Waals surface area contributed by atoms with Crippen molar-refractivity contribution in [2.75, 3.05) is 0 Å². The lowest BCUT2D eigenvalue weighted by molar-refractivity contribution is -0.121. The van der Waals surface area contributed by atoms with E-state index < -0.39 is 5.92 Å². The molecule has 0 aliphatic rings. The average Bonchev–Trinajstić information content (AvgIpc) is 2.85. The maximum Gasteiger partial charge on any atom is 0.209 e. The van der Waals surface area contributed by atoms with Crippen LogP contribution in [0.25, 0.3) is 0 Å². The zero-order valence-electron chi connectivity index (χ0n) is 23.2. The van der Waals surface area contributed by atoms with Crippen molar-refractivity contribution in [2.24, 2.45) is 5.92 Å². The Balaban J connectivity index is 3.50. The minimum atomic E-state index is -0.472. The van der Waals surface area contributed by atoms with Gasteiger partial charge in [-0.3, -0.25) is 9.59 Å². The largest absolute Gasteiger partial charge is 0.299 e. The first kappa shape index (κ1) is 33.1. The molecule has 2 nitrogen and oxygen atoms in total. The fourth-order valence-corrected chi connectivity index (χ4v) is 4.67. The van der Waals surface area contributed by atoms with Crippen molar-refractivity contribution < 1.29 is 9.59 Å². The van der Waals surface area contributed by atoms with E-state index in [0.29, 0.717) is 12.8 Å². The molecule has 0 fully saturated rings. The number of rotatable bonds is 28. The van der Waals surface area contributed by atoms with Crippen molar-refractivity contribution in [3.63, 3.8) is 0 Å². The Morgan fingerprint density at radius 2 is 0.941 bits per heavy atom. The number of carbonyl (C=O) groups excluding carboxylic acids is 2. The number of carbonyl (C=O) groups is 1. The first-order chi connectivity index (χ1) is 16.8. The van der Waals surface area contributed by atoms with Gasteiger partial charge < -0.3 is 0 Å². The van der Waals surface area contributed by atoms with Gasteiger partial charge in [0.25, 0.3) is 0 Å². The summed E-state index contributed by atoms with van der Waals surface area (Å²) in [5.74, 6) is -0.344. The smallest absolute Gasteiger partial charge is 0.209 e. The van der Waals surface area contributed by atoms with Crippen molar-refractivity contribution in [2.45, 2.75) is 174 Å². The molecule has 1 radical (unpaired) electrons. The quantitative estimate of drug-likeness (QED) is 0.0640. The molecule has 0 aromatic rings. The van der Waals surface area contributed by atoms with Gasteiger partial charge in [-0.05, 0) is 38.5 Å². The summed E-state index contributed by atoms with van der Waals surface area (Å²) in [5.41, 5.74) is 0. The molecular formula is C32H59O2. The average molecular weight is 476 g/mol. The molecule has 1 atom stereocenters. The van der Waals surface area contributed by atoms with Crippen molar-refractivity contribution >= 4 is 12.1 Å². The highest BCUT2D eigenvalue weighted by Crippen LogP contribution is 2.16. The number of unbranched alkanes of at least 4 members (excludes halogenated alkanes) is 20. The highest BCUT2D eigenvalue weighted by atomic mass is 16.1. The first-order valence-corrected chi connectivity index (χ1v) is 15.3. The van der Waals surface area contributed by atoms with E-state index in [4.69, 9.17) is 0 Å². The Bertz CT molecular complexity index is 454. The highest BCUT2D eigenvalue weighted by Gasteiger charge is 2.17. The number of allylic oxidation sites excluding steroid dienone is 2. The standard InChI is InChI=1S/C32H59O2/c1-3-5-7-9-11-13-15-16-17-19-20-22-24-26-28-31(30-33)32(34)29-27-25-23-21-18-14-12-10-8-6-4-2/h16-17,31H,3-15,18-29H2,1-2H3/b17-16-. The van der Waals surface area contributed by atoms with Gasteiger partial charge in [-0.1, -0.05) is 142 Å². The monoisotopic (exact) mass is 475 g/mol. The van der Waals surface area contributed by atoms with Gasteiger partial charge in [-0.15, -0.1) is 0 Å². The van der Waals surface area contributed by atoms with E-state index in [1.807, 2.05) is 6.29 Å². The van der Waals surface area contributed by atoms with Crippen LogP contribution in [0.2, 0.25) is 0 Å². The molecule has 1 unspecified atom stereocenters. The molecule has 0 amide bonds. The minimum absolute atomic E-state index is 0.128. The molecule has 0 saturated heterocycles. The summed E-state index contributed by atoms with van der Waals surface area (Å²) in [6.07, 6.45) is 37.2. The Hall–Kier alpha value is -0.920. The van der Waals surface area contributed by atoms with Gasteiger partial charge in [0, 0.05) is 6.42 Å². The molecule has 0 saturated carbocycles. The van der Waals surface area contributed by atoms with Gasteiger partial charge in [-0.2, -0.15) is 0 Å². The van der Waals surface area contributed by atoms with E-state index in [9.17, 15) is 9.59 Å². The maximum absolute atomic E-state index is 12.3. The second-order valence-electron chi connectivity index (χ2n) is 10.4. The highest BCUT2D eigenvalue weighted by molar-refractivity contribution is 5.93. The second-order valence-corrected chi connectivity index (χ2v) is 10.4. The van der Waals surface area contributed by atoms with Crippen LogP contribution in [0, 0.1) is 5.92 Å². The fraction of sp³-hybridized carbons (Fsp3) is 0.875. The fourth-order valence-electron chi connectivity index (χ4n) is 4.67. The summed E-state index contributed by atoms with van der Waals surface area (Å²) in [6, 6.07) is 0. The Kier molecular flexibility index (Phi) is 27.6. The molecule has 0 heterocycles. The van der Waals surface area contributed by atoms with Crippen LogP contribution in [0.4, 0.5) is 0 Å². The zero-order valence-corrected chi connectivity index (χ0v) is 23.2. The Labute approximate surface area is 214 Å².